The maximum atomic E-state index is 11.7. The van der Waals surface area contributed by atoms with Crippen LogP contribution in [0.4, 0.5) is 0 Å². The van der Waals surface area contributed by atoms with Crippen molar-refractivity contribution >= 4 is 17.5 Å². The Hall–Kier alpha value is -1.19. The second-order valence-electron chi connectivity index (χ2n) is 5.82. The minimum absolute atomic E-state index is 0.0108. The van der Waals surface area contributed by atoms with Crippen molar-refractivity contribution in [3.8, 4) is 0 Å². The van der Waals surface area contributed by atoms with E-state index in [1.165, 1.54) is 0 Å². The lowest BCUT2D eigenvalue weighted by molar-refractivity contribution is -0.123. The molecule has 0 aromatic rings. The Balaban J connectivity index is 3.71. The largest absolute Gasteiger partial charge is 0.356 e. The van der Waals surface area contributed by atoms with Gasteiger partial charge in [0.15, 0.2) is 0 Å². The number of Topliss-reactive ketones (excluding diaryl/α,β-unsaturated/α-hetero) is 2. The first-order valence-corrected chi connectivity index (χ1v) is 8.19. The molecular formula is C17H31NO3. The van der Waals surface area contributed by atoms with E-state index in [0.717, 1.165) is 32.1 Å². The van der Waals surface area contributed by atoms with Crippen LogP contribution in [0.25, 0.3) is 0 Å². The molecule has 21 heavy (non-hydrogen) atoms. The second-order valence-corrected chi connectivity index (χ2v) is 5.82. The Morgan fingerprint density at radius 3 is 1.86 bits per heavy atom. The molecule has 0 bridgehead atoms. The van der Waals surface area contributed by atoms with Gasteiger partial charge in [0.2, 0.25) is 5.91 Å². The van der Waals surface area contributed by atoms with Gasteiger partial charge in [-0.2, -0.15) is 0 Å². The van der Waals surface area contributed by atoms with Gasteiger partial charge in [0.25, 0.3) is 0 Å². The molecule has 0 saturated carbocycles. The summed E-state index contributed by atoms with van der Waals surface area (Å²) >= 11 is 0. The summed E-state index contributed by atoms with van der Waals surface area (Å²) in [4.78, 5) is 34.2. The second kappa shape index (κ2) is 11.5. The first kappa shape index (κ1) is 19.8. The third-order valence-electron chi connectivity index (χ3n) is 4.16. The molecule has 2 atom stereocenters. The zero-order valence-electron chi connectivity index (χ0n) is 14.0. The van der Waals surface area contributed by atoms with E-state index in [1.807, 2.05) is 13.8 Å². The quantitative estimate of drug-likeness (QED) is 0.562. The Bertz CT molecular complexity index is 339. The van der Waals surface area contributed by atoms with Crippen molar-refractivity contribution in [3.63, 3.8) is 0 Å². The van der Waals surface area contributed by atoms with Crippen LogP contribution in [-0.2, 0) is 14.4 Å². The summed E-state index contributed by atoms with van der Waals surface area (Å²) in [5, 5.41) is 2.89. The molecule has 0 spiro atoms. The molecular weight excluding hydrogens is 266 g/mol. The van der Waals surface area contributed by atoms with Crippen LogP contribution < -0.4 is 5.32 Å². The fourth-order valence-electron chi connectivity index (χ4n) is 2.53. The molecule has 0 aliphatic rings. The van der Waals surface area contributed by atoms with Crippen molar-refractivity contribution in [2.45, 2.75) is 72.6 Å². The molecule has 0 aliphatic heterocycles. The summed E-state index contributed by atoms with van der Waals surface area (Å²) in [6, 6.07) is 0. The Morgan fingerprint density at radius 1 is 0.857 bits per heavy atom. The minimum Gasteiger partial charge on any atom is -0.356 e. The van der Waals surface area contributed by atoms with Gasteiger partial charge in [-0.1, -0.05) is 20.3 Å². The predicted octanol–water partition coefficient (Wildman–Crippen LogP) is 3.28. The highest BCUT2D eigenvalue weighted by molar-refractivity contribution is 5.80. The molecule has 0 aliphatic carbocycles. The molecule has 0 saturated heterocycles. The van der Waals surface area contributed by atoms with Crippen LogP contribution in [0.1, 0.15) is 72.6 Å². The number of rotatable bonds is 12. The molecule has 0 rings (SSSR count). The standard InChI is InChI=1S/C17H31NO3/c1-5-15(13(3)19)9-7-8-12-18-17(21)11-10-16(6-2)14(4)20/h15-16H,5-12H2,1-4H3,(H,18,21)/t15?,16-/m0/s1. The summed E-state index contributed by atoms with van der Waals surface area (Å²) in [5.74, 6) is 0.628. The van der Waals surface area contributed by atoms with Crippen LogP contribution in [0.15, 0.2) is 0 Å². The Morgan fingerprint density at radius 2 is 1.38 bits per heavy atom. The third-order valence-corrected chi connectivity index (χ3v) is 4.16. The predicted molar refractivity (Wildman–Crippen MR) is 85.0 cm³/mol. The molecule has 0 aromatic carbocycles. The maximum absolute atomic E-state index is 11.7. The van der Waals surface area contributed by atoms with Gasteiger partial charge in [-0.25, -0.2) is 0 Å². The SMILES string of the molecule is CCC(CCCCNC(=O)CC[C@H](CC)C(C)=O)C(C)=O. The molecule has 4 nitrogen and oxygen atoms in total. The van der Waals surface area contributed by atoms with E-state index in [4.69, 9.17) is 0 Å². The van der Waals surface area contributed by atoms with Crippen molar-refractivity contribution in [2.24, 2.45) is 11.8 Å². The number of carbonyl (C=O) groups excluding carboxylic acids is 3. The van der Waals surface area contributed by atoms with Gasteiger partial charge in [-0.3, -0.25) is 14.4 Å². The average Bonchev–Trinajstić information content (AvgIpc) is 2.42. The van der Waals surface area contributed by atoms with Crippen LogP contribution >= 0.6 is 0 Å². The van der Waals surface area contributed by atoms with Crippen molar-refractivity contribution in [1.82, 2.24) is 5.32 Å². The molecule has 122 valence electrons. The summed E-state index contributed by atoms with van der Waals surface area (Å²) in [5.41, 5.74) is 0. The van der Waals surface area contributed by atoms with Gasteiger partial charge in [0.05, 0.1) is 0 Å². The summed E-state index contributed by atoms with van der Waals surface area (Å²) in [6.07, 6.45) is 5.52. The number of unbranched alkanes of at least 4 members (excludes halogenated alkanes) is 1. The average molecular weight is 297 g/mol. The van der Waals surface area contributed by atoms with Gasteiger partial charge < -0.3 is 5.32 Å². The van der Waals surface area contributed by atoms with E-state index in [1.54, 1.807) is 13.8 Å². The van der Waals surface area contributed by atoms with Crippen LogP contribution in [-0.4, -0.2) is 24.0 Å². The van der Waals surface area contributed by atoms with Crippen LogP contribution in [0, 0.1) is 11.8 Å². The zero-order chi connectivity index (χ0) is 16.3. The molecule has 1 N–H and O–H groups in total. The first-order chi connectivity index (χ1) is 9.92. The van der Waals surface area contributed by atoms with E-state index in [9.17, 15) is 14.4 Å². The lowest BCUT2D eigenvalue weighted by Gasteiger charge is -2.12. The normalized spacial score (nSPS) is 13.5. The third kappa shape index (κ3) is 9.38. The highest BCUT2D eigenvalue weighted by Crippen LogP contribution is 2.13. The monoisotopic (exact) mass is 297 g/mol. The van der Waals surface area contributed by atoms with Crippen molar-refractivity contribution in [3.05, 3.63) is 0 Å². The van der Waals surface area contributed by atoms with E-state index in [0.29, 0.717) is 19.4 Å². The summed E-state index contributed by atoms with van der Waals surface area (Å²) in [7, 11) is 0. The van der Waals surface area contributed by atoms with Crippen molar-refractivity contribution in [2.75, 3.05) is 6.54 Å². The number of carbonyl (C=O) groups is 3. The topological polar surface area (TPSA) is 63.2 Å². The van der Waals surface area contributed by atoms with Gasteiger partial charge in [-0.15, -0.1) is 0 Å². The number of ketones is 2. The lowest BCUT2D eigenvalue weighted by atomic mass is 9.95. The van der Waals surface area contributed by atoms with Crippen LogP contribution in [0.5, 0.6) is 0 Å². The van der Waals surface area contributed by atoms with Crippen molar-refractivity contribution < 1.29 is 14.4 Å². The molecule has 1 amide bonds. The van der Waals surface area contributed by atoms with E-state index >= 15 is 0 Å². The fourth-order valence-corrected chi connectivity index (χ4v) is 2.53. The first-order valence-electron chi connectivity index (χ1n) is 8.19. The number of hydrogen-bond donors (Lipinski definition) is 1. The van der Waals surface area contributed by atoms with E-state index < -0.39 is 0 Å². The number of nitrogens with one attached hydrogen (secondary N) is 1. The Kier molecular flexibility index (Phi) is 10.8. The molecule has 0 radical (unpaired) electrons. The molecule has 0 aromatic heterocycles. The smallest absolute Gasteiger partial charge is 0.220 e. The van der Waals surface area contributed by atoms with Gasteiger partial charge in [0, 0.05) is 24.8 Å². The molecule has 4 heteroatoms. The number of amides is 1. The maximum Gasteiger partial charge on any atom is 0.220 e. The molecule has 0 heterocycles. The van der Waals surface area contributed by atoms with Gasteiger partial charge >= 0.3 is 0 Å². The highest BCUT2D eigenvalue weighted by Gasteiger charge is 2.14. The molecule has 1 unspecified atom stereocenters. The Labute approximate surface area is 129 Å². The summed E-state index contributed by atoms with van der Waals surface area (Å²) < 4.78 is 0. The molecule has 0 fully saturated rings. The highest BCUT2D eigenvalue weighted by atomic mass is 16.1. The van der Waals surface area contributed by atoms with E-state index in [2.05, 4.69) is 5.32 Å². The van der Waals surface area contributed by atoms with Crippen LogP contribution in [0.2, 0.25) is 0 Å². The summed E-state index contributed by atoms with van der Waals surface area (Å²) in [6.45, 7) is 7.90. The van der Waals surface area contributed by atoms with Gasteiger partial charge in [0.1, 0.15) is 11.6 Å². The zero-order valence-corrected chi connectivity index (χ0v) is 14.0. The number of hydrogen-bond acceptors (Lipinski definition) is 3. The lowest BCUT2D eigenvalue weighted by Crippen LogP contribution is -2.25. The van der Waals surface area contributed by atoms with Gasteiger partial charge in [-0.05, 0) is 46.0 Å². The fraction of sp³-hybridized carbons (Fsp3) is 0.824. The minimum atomic E-state index is 0.0108. The van der Waals surface area contributed by atoms with E-state index in [-0.39, 0.29) is 29.3 Å². The van der Waals surface area contributed by atoms with Crippen LogP contribution in [0.3, 0.4) is 0 Å². The van der Waals surface area contributed by atoms with Crippen molar-refractivity contribution in [1.29, 1.82) is 0 Å².